The van der Waals surface area contributed by atoms with Gasteiger partial charge in [-0.05, 0) is 48.1 Å². The number of carbonyl (C=O) groups is 1. The summed E-state index contributed by atoms with van der Waals surface area (Å²) in [6, 6.07) is 0. The highest BCUT2D eigenvalue weighted by Gasteiger charge is 2.37. The minimum absolute atomic E-state index is 0.128. The van der Waals surface area contributed by atoms with E-state index in [2.05, 4.69) is 4.74 Å². The Hall–Kier alpha value is 0.630. The third-order valence-corrected chi connectivity index (χ3v) is 2.60. The zero-order valence-electron chi connectivity index (χ0n) is 7.24. The minimum atomic E-state index is -2.01. The van der Waals surface area contributed by atoms with Crippen molar-refractivity contribution in [1.29, 1.82) is 0 Å². The van der Waals surface area contributed by atoms with Crippen molar-refractivity contribution in [1.82, 2.24) is 0 Å². The van der Waals surface area contributed by atoms with E-state index >= 15 is 0 Å². The van der Waals surface area contributed by atoms with Gasteiger partial charge in [0, 0.05) is 5.88 Å². The van der Waals surface area contributed by atoms with Gasteiger partial charge in [-0.25, -0.2) is 0 Å². The fraction of sp³-hybridized carbons (Fsp3) is 0.857. The van der Waals surface area contributed by atoms with Crippen molar-refractivity contribution in [3.63, 3.8) is 0 Å². The molecule has 0 aliphatic heterocycles. The number of alkyl halides is 4. The molecule has 0 radical (unpaired) electrons. The summed E-state index contributed by atoms with van der Waals surface area (Å²) in [4.78, 5) is 11.4. The first kappa shape index (κ1) is 13.6. The maximum atomic E-state index is 11.4. The van der Waals surface area contributed by atoms with Gasteiger partial charge >= 0.3 is 9.95 Å². The van der Waals surface area contributed by atoms with E-state index < -0.39 is 15.4 Å². The predicted octanol–water partition coefficient (Wildman–Crippen LogP) is 3.51. The molecule has 13 heavy (non-hydrogen) atoms. The lowest BCUT2D eigenvalue weighted by molar-refractivity contribution is -0.154. The SMILES string of the molecule is CCC(C)(CCl)C(=O)OC(Cl)(Cl)Cl. The molecule has 6 heteroatoms. The Bertz CT molecular complexity index is 183. The Morgan fingerprint density at radius 3 is 2.08 bits per heavy atom. The van der Waals surface area contributed by atoms with E-state index in [0.29, 0.717) is 6.42 Å². The lowest BCUT2D eigenvalue weighted by atomic mass is 9.90. The molecule has 0 saturated carbocycles. The van der Waals surface area contributed by atoms with Crippen LogP contribution in [0.25, 0.3) is 0 Å². The smallest absolute Gasteiger partial charge is 0.340 e. The summed E-state index contributed by atoms with van der Waals surface area (Å²) in [5, 5.41) is 0. The Labute approximate surface area is 97.4 Å². The predicted molar refractivity (Wildman–Crippen MR) is 55.5 cm³/mol. The molecule has 0 aliphatic carbocycles. The van der Waals surface area contributed by atoms with Crippen molar-refractivity contribution < 1.29 is 9.53 Å². The van der Waals surface area contributed by atoms with Crippen molar-refractivity contribution in [2.75, 3.05) is 5.88 Å². The molecule has 0 aromatic heterocycles. The number of esters is 1. The van der Waals surface area contributed by atoms with Crippen LogP contribution in [0.4, 0.5) is 0 Å². The molecule has 2 nitrogen and oxygen atoms in total. The van der Waals surface area contributed by atoms with E-state index in [1.54, 1.807) is 6.92 Å². The first-order chi connectivity index (χ1) is 5.75. The second kappa shape index (κ2) is 4.92. The Morgan fingerprint density at radius 1 is 1.38 bits per heavy atom. The molecule has 0 aromatic carbocycles. The van der Waals surface area contributed by atoms with Crippen molar-refractivity contribution in [3.8, 4) is 0 Å². The van der Waals surface area contributed by atoms with Gasteiger partial charge in [0.05, 0.1) is 5.41 Å². The van der Waals surface area contributed by atoms with Gasteiger partial charge in [0.25, 0.3) is 0 Å². The van der Waals surface area contributed by atoms with E-state index in [0.717, 1.165) is 0 Å². The second-order valence-corrected chi connectivity index (χ2v) is 5.33. The van der Waals surface area contributed by atoms with Crippen LogP contribution in [0.3, 0.4) is 0 Å². The molecule has 0 amide bonds. The van der Waals surface area contributed by atoms with Crippen molar-refractivity contribution in [3.05, 3.63) is 0 Å². The van der Waals surface area contributed by atoms with Crippen molar-refractivity contribution in [2.45, 2.75) is 24.2 Å². The van der Waals surface area contributed by atoms with Crippen LogP contribution >= 0.6 is 46.4 Å². The molecule has 0 rings (SSSR count). The zero-order valence-corrected chi connectivity index (χ0v) is 10.3. The molecule has 0 heterocycles. The minimum Gasteiger partial charge on any atom is -0.414 e. The summed E-state index contributed by atoms with van der Waals surface area (Å²) in [7, 11) is 0. The van der Waals surface area contributed by atoms with Crippen LogP contribution in [0.1, 0.15) is 20.3 Å². The summed E-state index contributed by atoms with van der Waals surface area (Å²) in [6.45, 7) is 3.46. The average Bonchev–Trinajstić information content (AvgIpc) is 2.00. The molecule has 0 saturated heterocycles. The number of hydrogen-bond donors (Lipinski definition) is 0. The van der Waals surface area contributed by atoms with Crippen LogP contribution in [0, 0.1) is 5.41 Å². The summed E-state index contributed by atoms with van der Waals surface area (Å²) < 4.78 is 2.54. The van der Waals surface area contributed by atoms with Crippen LogP contribution in [-0.4, -0.2) is 15.8 Å². The highest BCUT2D eigenvalue weighted by molar-refractivity contribution is 6.66. The molecule has 0 N–H and O–H groups in total. The molecule has 0 spiro atoms. The number of hydrogen-bond acceptors (Lipinski definition) is 2. The number of rotatable bonds is 3. The summed E-state index contributed by atoms with van der Waals surface area (Å²) >= 11 is 21.5. The molecule has 0 aromatic rings. The highest BCUT2D eigenvalue weighted by Crippen LogP contribution is 2.33. The van der Waals surface area contributed by atoms with Crippen LogP contribution in [-0.2, 0) is 9.53 Å². The summed E-state index contributed by atoms with van der Waals surface area (Å²) in [5.41, 5.74) is -0.800. The van der Waals surface area contributed by atoms with Crippen LogP contribution in [0.15, 0.2) is 0 Å². The molecule has 1 atom stereocenters. The lowest BCUT2D eigenvalue weighted by Crippen LogP contribution is -2.34. The largest absolute Gasteiger partial charge is 0.414 e. The number of halogens is 4. The Kier molecular flexibility index (Phi) is 5.16. The first-order valence-electron chi connectivity index (χ1n) is 3.61. The topological polar surface area (TPSA) is 26.3 Å². The maximum absolute atomic E-state index is 11.4. The third-order valence-electron chi connectivity index (χ3n) is 1.78. The van der Waals surface area contributed by atoms with Crippen molar-refractivity contribution >= 4 is 52.4 Å². The van der Waals surface area contributed by atoms with Gasteiger partial charge in [0.2, 0.25) is 0 Å². The maximum Gasteiger partial charge on any atom is 0.340 e. The lowest BCUT2D eigenvalue weighted by Gasteiger charge is -2.25. The van der Waals surface area contributed by atoms with Gasteiger partial charge in [-0.2, -0.15) is 0 Å². The molecule has 0 aliphatic rings. The van der Waals surface area contributed by atoms with Gasteiger partial charge in [-0.3, -0.25) is 4.79 Å². The second-order valence-electron chi connectivity index (χ2n) is 2.88. The Balaban J connectivity index is 4.41. The van der Waals surface area contributed by atoms with E-state index in [1.807, 2.05) is 6.92 Å². The number of ether oxygens (including phenoxy) is 1. The monoisotopic (exact) mass is 266 g/mol. The number of carbonyl (C=O) groups excluding carboxylic acids is 1. The zero-order chi connectivity index (χ0) is 10.7. The van der Waals surface area contributed by atoms with Gasteiger partial charge in [-0.1, -0.05) is 6.92 Å². The Morgan fingerprint density at radius 2 is 1.85 bits per heavy atom. The third kappa shape index (κ3) is 4.59. The molecule has 78 valence electrons. The normalized spacial score (nSPS) is 16.5. The summed E-state index contributed by atoms with van der Waals surface area (Å²) in [5.74, 6) is -0.478. The van der Waals surface area contributed by atoms with E-state index in [-0.39, 0.29) is 5.88 Å². The standard InChI is InChI=1S/C7H10Cl4O2/c1-3-6(2,4-8)5(12)13-7(9,10)11/h3-4H2,1-2H3. The fourth-order valence-corrected chi connectivity index (χ4v) is 1.03. The fourth-order valence-electron chi connectivity index (χ4n) is 0.522. The van der Waals surface area contributed by atoms with Crippen LogP contribution in [0.5, 0.6) is 0 Å². The van der Waals surface area contributed by atoms with E-state index in [9.17, 15) is 4.79 Å². The van der Waals surface area contributed by atoms with E-state index in [4.69, 9.17) is 46.4 Å². The first-order valence-corrected chi connectivity index (χ1v) is 5.28. The van der Waals surface area contributed by atoms with Crippen LogP contribution in [0.2, 0.25) is 0 Å². The van der Waals surface area contributed by atoms with E-state index in [1.165, 1.54) is 0 Å². The van der Waals surface area contributed by atoms with Gasteiger partial charge in [-0.15, -0.1) is 11.6 Å². The summed E-state index contributed by atoms with van der Waals surface area (Å²) in [6.07, 6.45) is 0.524. The van der Waals surface area contributed by atoms with Crippen LogP contribution < -0.4 is 0 Å². The molecule has 0 fully saturated rings. The quantitative estimate of drug-likeness (QED) is 0.578. The molecule has 1 unspecified atom stereocenters. The molecular formula is C7H10Cl4O2. The molecule has 0 bridgehead atoms. The molecular weight excluding hydrogens is 258 g/mol. The van der Waals surface area contributed by atoms with Gasteiger partial charge in [0.1, 0.15) is 0 Å². The average molecular weight is 268 g/mol. The van der Waals surface area contributed by atoms with Crippen molar-refractivity contribution in [2.24, 2.45) is 5.41 Å². The van der Waals surface area contributed by atoms with Gasteiger partial charge < -0.3 is 4.74 Å². The van der Waals surface area contributed by atoms with Gasteiger partial charge in [0.15, 0.2) is 0 Å². The highest BCUT2D eigenvalue weighted by atomic mass is 35.6.